The van der Waals surface area contributed by atoms with Crippen molar-refractivity contribution in [1.29, 1.82) is 0 Å². The van der Waals surface area contributed by atoms with Crippen molar-refractivity contribution in [3.8, 4) is 28.0 Å². The van der Waals surface area contributed by atoms with Crippen LogP contribution >= 0.6 is 0 Å². The van der Waals surface area contributed by atoms with Crippen molar-refractivity contribution in [1.82, 2.24) is 0 Å². The van der Waals surface area contributed by atoms with E-state index in [1.165, 1.54) is 63.5 Å². The summed E-state index contributed by atoms with van der Waals surface area (Å²) >= 11 is 0. The van der Waals surface area contributed by atoms with Gasteiger partial charge in [-0.05, 0) is 97.4 Å². The topological polar surface area (TPSA) is 9.23 Å². The van der Waals surface area contributed by atoms with E-state index in [1.54, 1.807) is 36.4 Å². The van der Waals surface area contributed by atoms with E-state index in [-0.39, 0.29) is 22.8 Å². The summed E-state index contributed by atoms with van der Waals surface area (Å²) in [6, 6.07) is 12.9. The van der Waals surface area contributed by atoms with Crippen LogP contribution in [0.2, 0.25) is 0 Å². The van der Waals surface area contributed by atoms with Crippen LogP contribution in [0.1, 0.15) is 134 Å². The lowest BCUT2D eigenvalue weighted by Crippen LogP contribution is -2.25. The van der Waals surface area contributed by atoms with Crippen LogP contribution in [0, 0.1) is 41.0 Å². The highest BCUT2D eigenvalue weighted by Crippen LogP contribution is 2.45. The standard InChI is InChI=1S/C42H54F4O/c1-3-5-7-8-10-28-47-38-27-26-37(41(45)42(38)46)34-22-20-33(21-23-34)36-25-24-35(39(43)40(36)44)32-18-16-31(17-19-32)30-14-12-29(13-15-30)11-9-6-4-2/h20-27,29-32H,3-19,28H2,1-2H3. The van der Waals surface area contributed by atoms with Crippen molar-refractivity contribution in [3.05, 3.63) is 77.4 Å². The van der Waals surface area contributed by atoms with Crippen LogP contribution in [0.25, 0.3) is 22.3 Å². The summed E-state index contributed by atoms with van der Waals surface area (Å²) in [5.74, 6) is -1.20. The van der Waals surface area contributed by atoms with E-state index < -0.39 is 23.3 Å². The van der Waals surface area contributed by atoms with E-state index in [9.17, 15) is 4.39 Å². The number of ether oxygens (including phenoxy) is 1. The van der Waals surface area contributed by atoms with Crippen LogP contribution in [-0.2, 0) is 0 Å². The Morgan fingerprint density at radius 2 is 1.06 bits per heavy atom. The second kappa shape index (κ2) is 17.5. The molecule has 5 rings (SSSR count). The van der Waals surface area contributed by atoms with Crippen LogP contribution < -0.4 is 4.74 Å². The molecule has 256 valence electrons. The van der Waals surface area contributed by atoms with E-state index >= 15 is 13.2 Å². The van der Waals surface area contributed by atoms with Gasteiger partial charge < -0.3 is 4.74 Å². The number of hydrogen-bond donors (Lipinski definition) is 0. The van der Waals surface area contributed by atoms with E-state index in [4.69, 9.17) is 4.74 Å². The van der Waals surface area contributed by atoms with Gasteiger partial charge in [-0.3, -0.25) is 0 Å². The molecule has 2 aliphatic carbocycles. The van der Waals surface area contributed by atoms with Gasteiger partial charge in [0.15, 0.2) is 23.2 Å². The number of hydrogen-bond acceptors (Lipinski definition) is 1. The number of halogens is 4. The summed E-state index contributed by atoms with van der Waals surface area (Å²) in [4.78, 5) is 0. The van der Waals surface area contributed by atoms with Crippen molar-refractivity contribution in [2.24, 2.45) is 17.8 Å². The van der Waals surface area contributed by atoms with Crippen LogP contribution in [0.4, 0.5) is 17.6 Å². The fourth-order valence-corrected chi connectivity index (χ4v) is 8.22. The largest absolute Gasteiger partial charge is 0.490 e. The van der Waals surface area contributed by atoms with Gasteiger partial charge in [-0.25, -0.2) is 13.2 Å². The summed E-state index contributed by atoms with van der Waals surface area (Å²) < 4.78 is 66.3. The lowest BCUT2D eigenvalue weighted by atomic mass is 9.68. The zero-order valence-corrected chi connectivity index (χ0v) is 28.6. The van der Waals surface area contributed by atoms with Crippen molar-refractivity contribution < 1.29 is 22.3 Å². The molecule has 0 radical (unpaired) electrons. The Balaban J connectivity index is 1.17. The van der Waals surface area contributed by atoms with Crippen molar-refractivity contribution in [2.45, 2.75) is 129 Å². The Hall–Kier alpha value is -2.82. The van der Waals surface area contributed by atoms with Gasteiger partial charge in [-0.1, -0.05) is 114 Å². The minimum Gasteiger partial charge on any atom is -0.490 e. The molecule has 0 bridgehead atoms. The van der Waals surface area contributed by atoms with Crippen LogP contribution in [0.15, 0.2) is 48.5 Å². The third kappa shape index (κ3) is 9.00. The summed E-state index contributed by atoms with van der Waals surface area (Å²) in [7, 11) is 0. The minimum atomic E-state index is -1.01. The van der Waals surface area contributed by atoms with Gasteiger partial charge in [0.2, 0.25) is 5.82 Å². The van der Waals surface area contributed by atoms with Crippen LogP contribution in [0.5, 0.6) is 5.75 Å². The van der Waals surface area contributed by atoms with Gasteiger partial charge in [-0.15, -0.1) is 0 Å². The molecule has 0 spiro atoms. The Morgan fingerprint density at radius 1 is 0.532 bits per heavy atom. The van der Waals surface area contributed by atoms with Gasteiger partial charge in [0.05, 0.1) is 6.61 Å². The molecule has 0 atom stereocenters. The third-order valence-corrected chi connectivity index (χ3v) is 11.2. The smallest absolute Gasteiger partial charge is 0.201 e. The molecule has 2 saturated carbocycles. The monoisotopic (exact) mass is 650 g/mol. The fraction of sp³-hybridized carbons (Fsp3) is 0.571. The predicted molar refractivity (Wildman–Crippen MR) is 186 cm³/mol. The molecule has 3 aromatic carbocycles. The maximum atomic E-state index is 15.5. The van der Waals surface area contributed by atoms with E-state index in [0.717, 1.165) is 75.5 Å². The molecule has 0 aromatic heterocycles. The van der Waals surface area contributed by atoms with Gasteiger partial charge in [0.25, 0.3) is 0 Å². The molecule has 1 nitrogen and oxygen atoms in total. The molecule has 2 fully saturated rings. The first-order valence-corrected chi connectivity index (χ1v) is 18.6. The number of unbranched alkanes of at least 4 members (excludes halogenated alkanes) is 6. The molecular weight excluding hydrogens is 596 g/mol. The Labute approximate surface area is 280 Å². The van der Waals surface area contributed by atoms with E-state index in [1.807, 2.05) is 0 Å². The van der Waals surface area contributed by atoms with Gasteiger partial charge in [0, 0.05) is 11.1 Å². The van der Waals surface area contributed by atoms with E-state index in [0.29, 0.717) is 23.3 Å². The average molecular weight is 651 g/mol. The van der Waals surface area contributed by atoms with Gasteiger partial charge >= 0.3 is 0 Å². The zero-order chi connectivity index (χ0) is 33.2. The third-order valence-electron chi connectivity index (χ3n) is 11.2. The quantitative estimate of drug-likeness (QED) is 0.117. The predicted octanol–water partition coefficient (Wildman–Crippen LogP) is 13.6. The first kappa shape index (κ1) is 35.5. The maximum absolute atomic E-state index is 15.5. The fourth-order valence-electron chi connectivity index (χ4n) is 8.22. The molecule has 0 N–H and O–H groups in total. The molecule has 0 heterocycles. The Kier molecular flexibility index (Phi) is 13.2. The molecule has 5 heteroatoms. The Morgan fingerprint density at radius 3 is 1.68 bits per heavy atom. The normalized spacial score (nSPS) is 21.6. The summed E-state index contributed by atoms with van der Waals surface area (Å²) in [6.07, 6.45) is 20.0. The van der Waals surface area contributed by atoms with Gasteiger partial charge in [0.1, 0.15) is 0 Å². The molecule has 0 amide bonds. The van der Waals surface area contributed by atoms with Crippen molar-refractivity contribution >= 4 is 0 Å². The first-order valence-electron chi connectivity index (χ1n) is 18.6. The maximum Gasteiger partial charge on any atom is 0.201 e. The van der Waals surface area contributed by atoms with Crippen LogP contribution in [-0.4, -0.2) is 6.61 Å². The van der Waals surface area contributed by atoms with Crippen LogP contribution in [0.3, 0.4) is 0 Å². The lowest BCUT2D eigenvalue weighted by Gasteiger charge is -2.38. The van der Waals surface area contributed by atoms with Crippen molar-refractivity contribution in [2.75, 3.05) is 6.61 Å². The molecule has 0 unspecified atom stereocenters. The molecule has 47 heavy (non-hydrogen) atoms. The molecule has 0 saturated heterocycles. The Bertz CT molecular complexity index is 1400. The molecular formula is C42H54F4O. The number of benzene rings is 3. The molecule has 3 aromatic rings. The number of rotatable bonds is 15. The highest BCUT2D eigenvalue weighted by molar-refractivity contribution is 5.72. The first-order chi connectivity index (χ1) is 22.9. The average Bonchev–Trinajstić information content (AvgIpc) is 3.10. The highest BCUT2D eigenvalue weighted by atomic mass is 19.2. The van der Waals surface area contributed by atoms with E-state index in [2.05, 4.69) is 13.8 Å². The van der Waals surface area contributed by atoms with Crippen molar-refractivity contribution in [3.63, 3.8) is 0 Å². The summed E-state index contributed by atoms with van der Waals surface area (Å²) in [6.45, 7) is 4.75. The molecule has 2 aliphatic rings. The highest BCUT2D eigenvalue weighted by Gasteiger charge is 2.32. The summed E-state index contributed by atoms with van der Waals surface area (Å²) in [5, 5.41) is 0. The minimum absolute atomic E-state index is 0.0495. The second-order valence-electron chi connectivity index (χ2n) is 14.3. The summed E-state index contributed by atoms with van der Waals surface area (Å²) in [5.41, 5.74) is 1.71. The SMILES string of the molecule is CCCCCCCOc1ccc(-c2ccc(-c3ccc(C4CCC(C5CCC(CCCCC)CC5)CC4)c(F)c3F)cc2)c(F)c1F. The zero-order valence-electron chi connectivity index (χ0n) is 28.6. The molecule has 0 aliphatic heterocycles. The van der Waals surface area contributed by atoms with Gasteiger partial charge in [-0.2, -0.15) is 4.39 Å². The second-order valence-corrected chi connectivity index (χ2v) is 14.3. The lowest BCUT2D eigenvalue weighted by molar-refractivity contribution is 0.155.